The molecule has 0 unspecified atom stereocenters. The molecule has 3 N–H and O–H groups in total. The largest absolute Gasteiger partial charge is 0.397 e. The quantitative estimate of drug-likeness (QED) is 0.837. The summed E-state index contributed by atoms with van der Waals surface area (Å²) < 4.78 is 26.8. The number of nitriles is 1. The van der Waals surface area contributed by atoms with Crippen LogP contribution in [0.5, 0.6) is 0 Å². The Kier molecular flexibility index (Phi) is 4.28. The van der Waals surface area contributed by atoms with Crippen LogP contribution in [0, 0.1) is 11.3 Å². The van der Waals surface area contributed by atoms with E-state index in [0.717, 1.165) is 0 Å². The number of hydrogen-bond donors (Lipinski definition) is 2. The Bertz CT molecular complexity index is 845. The number of nitrogen functional groups attached to an aromatic ring is 1. The summed E-state index contributed by atoms with van der Waals surface area (Å²) in [5.41, 5.74) is 6.35. The van der Waals surface area contributed by atoms with E-state index in [9.17, 15) is 8.42 Å². The third-order valence-electron chi connectivity index (χ3n) is 2.62. The average Bonchev–Trinajstić information content (AvgIpc) is 2.42. The zero-order valence-electron chi connectivity index (χ0n) is 10.5. The third-order valence-corrected chi connectivity index (χ3v) is 4.66. The molecular weight excluding hydrogens is 333 g/mol. The molecule has 21 heavy (non-hydrogen) atoms. The van der Waals surface area contributed by atoms with Gasteiger partial charge in [0.05, 0.1) is 31.9 Å². The molecule has 2 aromatic rings. The number of benzene rings is 2. The summed E-state index contributed by atoms with van der Waals surface area (Å²) in [5.74, 6) is 0. The number of rotatable bonds is 3. The molecular formula is C13H9Cl2N3O2S. The number of hydrogen-bond acceptors (Lipinski definition) is 4. The summed E-state index contributed by atoms with van der Waals surface area (Å²) in [4.78, 5) is -0.0555. The lowest BCUT2D eigenvalue weighted by atomic mass is 10.2. The van der Waals surface area contributed by atoms with Gasteiger partial charge >= 0.3 is 0 Å². The molecule has 0 aromatic heterocycles. The van der Waals surface area contributed by atoms with E-state index in [1.54, 1.807) is 0 Å². The van der Waals surface area contributed by atoms with Gasteiger partial charge in [0.15, 0.2) is 0 Å². The first-order valence-electron chi connectivity index (χ1n) is 5.61. The normalized spacial score (nSPS) is 10.9. The predicted molar refractivity (Wildman–Crippen MR) is 82.8 cm³/mol. The molecule has 0 heterocycles. The Morgan fingerprint density at radius 3 is 2.38 bits per heavy atom. The maximum Gasteiger partial charge on any atom is 0.261 e. The highest BCUT2D eigenvalue weighted by atomic mass is 35.5. The summed E-state index contributed by atoms with van der Waals surface area (Å²) >= 11 is 11.6. The van der Waals surface area contributed by atoms with Gasteiger partial charge in [-0.25, -0.2) is 8.42 Å². The predicted octanol–water partition coefficient (Wildman–Crippen LogP) is 3.25. The number of nitrogens with zero attached hydrogens (tertiary/aromatic N) is 1. The van der Waals surface area contributed by atoms with Crippen LogP contribution in [0.2, 0.25) is 10.0 Å². The van der Waals surface area contributed by atoms with Crippen molar-refractivity contribution in [2.75, 3.05) is 10.5 Å². The van der Waals surface area contributed by atoms with E-state index in [-0.39, 0.29) is 26.9 Å². The van der Waals surface area contributed by atoms with Crippen LogP contribution in [0.1, 0.15) is 5.56 Å². The minimum Gasteiger partial charge on any atom is -0.397 e. The molecule has 0 spiro atoms. The lowest BCUT2D eigenvalue weighted by Crippen LogP contribution is -2.13. The van der Waals surface area contributed by atoms with Gasteiger partial charge in [-0.2, -0.15) is 5.26 Å². The van der Waals surface area contributed by atoms with Crippen LogP contribution in [0.25, 0.3) is 0 Å². The van der Waals surface area contributed by atoms with Crippen LogP contribution in [-0.4, -0.2) is 8.42 Å². The van der Waals surface area contributed by atoms with Crippen LogP contribution in [-0.2, 0) is 10.0 Å². The minimum atomic E-state index is -3.83. The zero-order chi connectivity index (χ0) is 15.6. The molecule has 2 aromatic carbocycles. The Balaban J connectivity index is 2.36. The number of sulfonamides is 1. The van der Waals surface area contributed by atoms with Crippen molar-refractivity contribution in [2.24, 2.45) is 0 Å². The first-order chi connectivity index (χ1) is 9.83. The zero-order valence-corrected chi connectivity index (χ0v) is 12.8. The summed E-state index contributed by atoms with van der Waals surface area (Å²) in [6, 6.07) is 10.1. The highest BCUT2D eigenvalue weighted by molar-refractivity contribution is 7.92. The second-order valence-electron chi connectivity index (χ2n) is 4.10. The third kappa shape index (κ3) is 3.39. The Morgan fingerprint density at radius 2 is 1.81 bits per heavy atom. The van der Waals surface area contributed by atoms with Crippen LogP contribution >= 0.6 is 23.2 Å². The maximum atomic E-state index is 12.2. The molecule has 5 nitrogen and oxygen atoms in total. The summed E-state index contributed by atoms with van der Waals surface area (Å²) in [6.45, 7) is 0. The molecule has 0 aliphatic heterocycles. The molecule has 0 radical (unpaired) electrons. The summed E-state index contributed by atoms with van der Waals surface area (Å²) in [6.07, 6.45) is 0. The average molecular weight is 342 g/mol. The number of nitrogens with two attached hydrogens (primary N) is 1. The van der Waals surface area contributed by atoms with E-state index in [4.69, 9.17) is 34.2 Å². The standard InChI is InChI=1S/C13H9Cl2N3O2S/c14-11-4-2-9(5-13(11)17)18-21(19,20)10-3-1-8(7-16)12(15)6-10/h1-6,18H,17H2. The van der Waals surface area contributed by atoms with Gasteiger partial charge in [0.25, 0.3) is 10.0 Å². The smallest absolute Gasteiger partial charge is 0.261 e. The highest BCUT2D eigenvalue weighted by Crippen LogP contribution is 2.26. The van der Waals surface area contributed by atoms with Crippen molar-refractivity contribution in [3.63, 3.8) is 0 Å². The molecule has 2 rings (SSSR count). The molecule has 108 valence electrons. The van der Waals surface area contributed by atoms with Crippen molar-refractivity contribution < 1.29 is 8.42 Å². The maximum absolute atomic E-state index is 12.2. The second-order valence-corrected chi connectivity index (χ2v) is 6.59. The number of halogens is 2. The fourth-order valence-electron chi connectivity index (χ4n) is 1.57. The van der Waals surface area contributed by atoms with Gasteiger partial charge < -0.3 is 5.73 Å². The molecule has 8 heteroatoms. The lowest BCUT2D eigenvalue weighted by molar-refractivity contribution is 0.601. The highest BCUT2D eigenvalue weighted by Gasteiger charge is 2.16. The molecule has 0 atom stereocenters. The van der Waals surface area contributed by atoms with Crippen LogP contribution < -0.4 is 10.5 Å². The topological polar surface area (TPSA) is 96.0 Å². The Morgan fingerprint density at radius 1 is 1.10 bits per heavy atom. The monoisotopic (exact) mass is 341 g/mol. The van der Waals surface area contributed by atoms with Gasteiger partial charge in [0.1, 0.15) is 6.07 Å². The van der Waals surface area contributed by atoms with Crippen molar-refractivity contribution in [1.82, 2.24) is 0 Å². The van der Waals surface area contributed by atoms with Crippen molar-refractivity contribution in [2.45, 2.75) is 4.90 Å². The first kappa shape index (κ1) is 15.4. The molecule has 0 fully saturated rings. The molecule has 0 saturated carbocycles. The number of anilines is 2. The minimum absolute atomic E-state index is 0.0555. The number of nitrogens with one attached hydrogen (secondary N) is 1. The van der Waals surface area contributed by atoms with Crippen molar-refractivity contribution >= 4 is 44.6 Å². The summed E-state index contributed by atoms with van der Waals surface area (Å²) in [5, 5.41) is 9.18. The molecule has 0 bridgehead atoms. The summed E-state index contributed by atoms with van der Waals surface area (Å²) in [7, 11) is -3.83. The lowest BCUT2D eigenvalue weighted by Gasteiger charge is -2.10. The molecule has 0 aliphatic rings. The van der Waals surface area contributed by atoms with Gasteiger partial charge in [-0.05, 0) is 36.4 Å². The fraction of sp³-hybridized carbons (Fsp3) is 0. The van der Waals surface area contributed by atoms with Gasteiger partial charge in [-0.1, -0.05) is 23.2 Å². The van der Waals surface area contributed by atoms with Crippen LogP contribution in [0.3, 0.4) is 0 Å². The molecule has 0 amide bonds. The van der Waals surface area contributed by atoms with Crippen molar-refractivity contribution in [3.05, 3.63) is 52.0 Å². The van der Waals surface area contributed by atoms with E-state index < -0.39 is 10.0 Å². The van der Waals surface area contributed by atoms with Crippen LogP contribution in [0.15, 0.2) is 41.3 Å². The SMILES string of the molecule is N#Cc1ccc(S(=O)(=O)Nc2ccc(Cl)c(N)c2)cc1Cl. The molecule has 0 aliphatic carbocycles. The van der Waals surface area contributed by atoms with E-state index in [1.807, 2.05) is 6.07 Å². The van der Waals surface area contributed by atoms with Gasteiger partial charge in [-0.3, -0.25) is 4.72 Å². The van der Waals surface area contributed by atoms with Gasteiger partial charge in [0.2, 0.25) is 0 Å². The van der Waals surface area contributed by atoms with Gasteiger partial charge in [0, 0.05) is 0 Å². The van der Waals surface area contributed by atoms with E-state index in [0.29, 0.717) is 5.02 Å². The van der Waals surface area contributed by atoms with Crippen molar-refractivity contribution in [3.8, 4) is 6.07 Å². The molecule has 0 saturated heterocycles. The second kappa shape index (κ2) is 5.82. The van der Waals surface area contributed by atoms with Crippen molar-refractivity contribution in [1.29, 1.82) is 5.26 Å². The van der Waals surface area contributed by atoms with Crippen LogP contribution in [0.4, 0.5) is 11.4 Å². The fourth-order valence-corrected chi connectivity index (χ4v) is 3.06. The Labute approximate surface area is 132 Å². The van der Waals surface area contributed by atoms with E-state index in [1.165, 1.54) is 36.4 Å². The Hall–Kier alpha value is -1.94. The van der Waals surface area contributed by atoms with Gasteiger partial charge in [-0.15, -0.1) is 0 Å². The van der Waals surface area contributed by atoms with E-state index in [2.05, 4.69) is 4.72 Å². The first-order valence-corrected chi connectivity index (χ1v) is 7.85. The van der Waals surface area contributed by atoms with E-state index >= 15 is 0 Å².